The number of nitrogens with two attached hydrogens (primary N) is 1. The number of aromatic hydroxyl groups is 1. The van der Waals surface area contributed by atoms with Gasteiger partial charge in [0.15, 0.2) is 0 Å². The molecular formula is C12H17NO2. The minimum absolute atomic E-state index is 0.00475. The Morgan fingerprint density at radius 2 is 2.20 bits per heavy atom. The van der Waals surface area contributed by atoms with E-state index >= 15 is 0 Å². The minimum atomic E-state index is -0.00475. The molecule has 2 rings (SSSR count). The van der Waals surface area contributed by atoms with Crippen molar-refractivity contribution in [2.75, 3.05) is 7.11 Å². The van der Waals surface area contributed by atoms with E-state index < -0.39 is 0 Å². The summed E-state index contributed by atoms with van der Waals surface area (Å²) in [5, 5.41) is 9.72. The Morgan fingerprint density at radius 1 is 1.47 bits per heavy atom. The third-order valence-corrected chi connectivity index (χ3v) is 2.90. The average molecular weight is 207 g/mol. The molecule has 3 nitrogen and oxygen atoms in total. The molecule has 1 aromatic carbocycles. The normalized spacial score (nSPS) is 17.7. The number of hydrogen-bond donors (Lipinski definition) is 2. The van der Waals surface area contributed by atoms with Crippen LogP contribution in [0.25, 0.3) is 0 Å². The molecule has 0 aliphatic heterocycles. The Kier molecular flexibility index (Phi) is 2.67. The van der Waals surface area contributed by atoms with Crippen LogP contribution in [0.3, 0.4) is 0 Å². The van der Waals surface area contributed by atoms with Gasteiger partial charge in [0.1, 0.15) is 5.75 Å². The lowest BCUT2D eigenvalue weighted by molar-refractivity contribution is 0.182. The molecule has 0 bridgehead atoms. The molecule has 0 aromatic heterocycles. The van der Waals surface area contributed by atoms with Crippen molar-refractivity contribution in [2.24, 2.45) is 5.73 Å². The maximum absolute atomic E-state index is 9.72. The lowest BCUT2D eigenvalue weighted by Gasteiger charge is -2.10. The fourth-order valence-electron chi connectivity index (χ4n) is 1.74. The van der Waals surface area contributed by atoms with Crippen molar-refractivity contribution in [3.8, 4) is 5.75 Å². The number of phenols is 1. The molecule has 3 N–H and O–H groups in total. The van der Waals surface area contributed by atoms with Gasteiger partial charge in [0.25, 0.3) is 0 Å². The van der Waals surface area contributed by atoms with E-state index in [2.05, 4.69) is 0 Å². The van der Waals surface area contributed by atoms with E-state index in [1.165, 1.54) is 0 Å². The van der Waals surface area contributed by atoms with Crippen LogP contribution in [0, 0.1) is 0 Å². The van der Waals surface area contributed by atoms with Gasteiger partial charge < -0.3 is 15.6 Å². The van der Waals surface area contributed by atoms with E-state index in [-0.39, 0.29) is 5.54 Å². The number of rotatable bonds is 4. The van der Waals surface area contributed by atoms with Gasteiger partial charge in [0.2, 0.25) is 0 Å². The second-order valence-corrected chi connectivity index (χ2v) is 4.44. The predicted molar refractivity (Wildman–Crippen MR) is 58.7 cm³/mol. The molecule has 0 atom stereocenters. The molecule has 1 saturated carbocycles. The first kappa shape index (κ1) is 10.5. The molecule has 0 amide bonds. The molecule has 0 radical (unpaired) electrons. The van der Waals surface area contributed by atoms with E-state index in [1.54, 1.807) is 13.2 Å². The zero-order valence-corrected chi connectivity index (χ0v) is 8.99. The lowest BCUT2D eigenvalue weighted by atomic mass is 10.0. The molecule has 3 heteroatoms. The lowest BCUT2D eigenvalue weighted by Crippen LogP contribution is -2.24. The molecule has 15 heavy (non-hydrogen) atoms. The zero-order chi connectivity index (χ0) is 10.9. The van der Waals surface area contributed by atoms with Crippen molar-refractivity contribution in [3.05, 3.63) is 29.3 Å². The van der Waals surface area contributed by atoms with Crippen LogP contribution in [0.1, 0.15) is 24.0 Å². The van der Waals surface area contributed by atoms with Crippen molar-refractivity contribution >= 4 is 0 Å². The second kappa shape index (κ2) is 3.83. The fourth-order valence-corrected chi connectivity index (χ4v) is 1.74. The molecule has 1 fully saturated rings. The third kappa shape index (κ3) is 2.49. The van der Waals surface area contributed by atoms with Crippen LogP contribution in [0.15, 0.2) is 18.2 Å². The van der Waals surface area contributed by atoms with Gasteiger partial charge in [0.05, 0.1) is 6.61 Å². The molecule has 1 aliphatic rings. The summed E-state index contributed by atoms with van der Waals surface area (Å²) in [7, 11) is 1.62. The molecule has 1 aliphatic carbocycles. The smallest absolute Gasteiger partial charge is 0.121 e. The summed E-state index contributed by atoms with van der Waals surface area (Å²) in [5.74, 6) is 0.304. The quantitative estimate of drug-likeness (QED) is 0.788. The molecular weight excluding hydrogens is 190 g/mol. The Hall–Kier alpha value is -1.06. The highest BCUT2D eigenvalue weighted by molar-refractivity contribution is 5.37. The summed E-state index contributed by atoms with van der Waals surface area (Å²) >= 11 is 0. The molecule has 1 aromatic rings. The summed E-state index contributed by atoms with van der Waals surface area (Å²) in [6.07, 6.45) is 3.04. The van der Waals surface area contributed by atoms with E-state index in [9.17, 15) is 5.11 Å². The monoisotopic (exact) mass is 207 g/mol. The molecule has 0 unspecified atom stereocenters. The predicted octanol–water partition coefficient (Wildman–Crippen LogP) is 1.57. The summed E-state index contributed by atoms with van der Waals surface area (Å²) in [6, 6.07) is 5.71. The highest BCUT2D eigenvalue weighted by Gasteiger charge is 2.37. The van der Waals surface area contributed by atoms with E-state index in [1.807, 2.05) is 12.1 Å². The average Bonchev–Trinajstić information content (AvgIpc) is 2.89. The van der Waals surface area contributed by atoms with E-state index in [0.717, 1.165) is 30.4 Å². The van der Waals surface area contributed by atoms with Crippen LogP contribution in [-0.2, 0) is 17.8 Å². The highest BCUT2D eigenvalue weighted by Crippen LogP contribution is 2.36. The van der Waals surface area contributed by atoms with Gasteiger partial charge >= 0.3 is 0 Å². The van der Waals surface area contributed by atoms with Gasteiger partial charge in [-0.25, -0.2) is 0 Å². The Labute approximate surface area is 89.9 Å². The highest BCUT2D eigenvalue weighted by atomic mass is 16.5. The van der Waals surface area contributed by atoms with Crippen molar-refractivity contribution in [2.45, 2.75) is 31.4 Å². The van der Waals surface area contributed by atoms with Crippen molar-refractivity contribution in [1.29, 1.82) is 0 Å². The van der Waals surface area contributed by atoms with Gasteiger partial charge in [-0.05, 0) is 30.9 Å². The number of hydrogen-bond acceptors (Lipinski definition) is 3. The maximum Gasteiger partial charge on any atom is 0.121 e. The van der Waals surface area contributed by atoms with Crippen LogP contribution in [-0.4, -0.2) is 17.8 Å². The SMILES string of the molecule is COCc1ccc(CC2(N)CC2)cc1O. The van der Waals surface area contributed by atoms with Crippen LogP contribution in [0.2, 0.25) is 0 Å². The first-order chi connectivity index (χ1) is 7.13. The standard InChI is InChI=1S/C12H17NO2/c1-15-8-10-3-2-9(6-11(10)14)7-12(13)4-5-12/h2-3,6,14H,4-5,7-8,13H2,1H3. The first-order valence-electron chi connectivity index (χ1n) is 5.22. The number of phenolic OH excluding ortho intramolecular Hbond substituents is 1. The van der Waals surface area contributed by atoms with Crippen LogP contribution in [0.4, 0.5) is 0 Å². The summed E-state index contributed by atoms with van der Waals surface area (Å²) in [4.78, 5) is 0. The number of benzene rings is 1. The summed E-state index contributed by atoms with van der Waals surface area (Å²) in [5.41, 5.74) is 7.94. The van der Waals surface area contributed by atoms with E-state index in [0.29, 0.717) is 12.4 Å². The van der Waals surface area contributed by atoms with Gasteiger partial charge in [-0.15, -0.1) is 0 Å². The van der Waals surface area contributed by atoms with Crippen LogP contribution in [0.5, 0.6) is 5.75 Å². The fraction of sp³-hybridized carbons (Fsp3) is 0.500. The van der Waals surface area contributed by atoms with Gasteiger partial charge in [-0.3, -0.25) is 0 Å². The molecule has 0 heterocycles. The molecule has 0 spiro atoms. The largest absolute Gasteiger partial charge is 0.508 e. The van der Waals surface area contributed by atoms with E-state index in [4.69, 9.17) is 10.5 Å². The minimum Gasteiger partial charge on any atom is -0.508 e. The summed E-state index contributed by atoms with van der Waals surface area (Å²) in [6.45, 7) is 0.444. The Morgan fingerprint density at radius 3 is 2.73 bits per heavy atom. The van der Waals surface area contributed by atoms with Gasteiger partial charge in [-0.1, -0.05) is 12.1 Å². The second-order valence-electron chi connectivity index (χ2n) is 4.44. The van der Waals surface area contributed by atoms with Crippen molar-refractivity contribution < 1.29 is 9.84 Å². The zero-order valence-electron chi connectivity index (χ0n) is 8.99. The number of methoxy groups -OCH3 is 1. The topological polar surface area (TPSA) is 55.5 Å². The van der Waals surface area contributed by atoms with Crippen molar-refractivity contribution in [3.63, 3.8) is 0 Å². The first-order valence-corrected chi connectivity index (χ1v) is 5.22. The Bertz CT molecular complexity index is 359. The summed E-state index contributed by atoms with van der Waals surface area (Å²) < 4.78 is 4.98. The third-order valence-electron chi connectivity index (χ3n) is 2.90. The number of ether oxygens (including phenoxy) is 1. The van der Waals surface area contributed by atoms with Gasteiger partial charge in [-0.2, -0.15) is 0 Å². The van der Waals surface area contributed by atoms with Crippen molar-refractivity contribution in [1.82, 2.24) is 0 Å². The van der Waals surface area contributed by atoms with Crippen LogP contribution < -0.4 is 5.73 Å². The molecule has 82 valence electrons. The molecule has 0 saturated heterocycles. The maximum atomic E-state index is 9.72. The van der Waals surface area contributed by atoms with Gasteiger partial charge in [0, 0.05) is 18.2 Å². The Balaban J connectivity index is 2.10. The van der Waals surface area contributed by atoms with Crippen LogP contribution >= 0.6 is 0 Å².